The number of allylic oxidation sites excluding steroid dienone is 2. The predicted molar refractivity (Wildman–Crippen MR) is 148 cm³/mol. The van der Waals surface area contributed by atoms with Gasteiger partial charge in [0, 0.05) is 29.6 Å². The van der Waals surface area contributed by atoms with Crippen LogP contribution in [0.5, 0.6) is 0 Å². The van der Waals surface area contributed by atoms with Gasteiger partial charge in [0.25, 0.3) is 5.79 Å². The Morgan fingerprint density at radius 2 is 1.91 bits per heavy atom. The summed E-state index contributed by atoms with van der Waals surface area (Å²) in [6, 6.07) is 1.85. The molecule has 3 heterocycles. The number of esters is 2. The number of rotatable bonds is 5. The van der Waals surface area contributed by atoms with Gasteiger partial charge in [-0.2, -0.15) is 0 Å². The molecule has 1 spiro atoms. The van der Waals surface area contributed by atoms with Gasteiger partial charge < -0.3 is 28.5 Å². The molecule has 4 aliphatic carbocycles. The van der Waals surface area contributed by atoms with E-state index in [0.717, 1.165) is 5.56 Å². The van der Waals surface area contributed by atoms with Gasteiger partial charge in [-0.25, -0.2) is 0 Å². The molecule has 6 aliphatic rings. The highest BCUT2D eigenvalue weighted by atomic mass is 16.7. The molecule has 1 aromatic heterocycles. The number of ether oxygens (including phenoxy) is 4. The van der Waals surface area contributed by atoms with Crippen LogP contribution in [0, 0.1) is 39.4 Å². The second-order valence-corrected chi connectivity index (χ2v) is 14.6. The highest BCUT2D eigenvalue weighted by Crippen LogP contribution is 2.83. The van der Waals surface area contributed by atoms with E-state index in [4.69, 9.17) is 23.4 Å². The fraction of sp³-hybridized carbons (Fsp3) is 0.697. The van der Waals surface area contributed by atoms with Crippen molar-refractivity contribution in [1.29, 1.82) is 0 Å². The molecule has 1 aromatic rings. The number of ketones is 2. The quantitative estimate of drug-likeness (QED) is 0.396. The summed E-state index contributed by atoms with van der Waals surface area (Å²) < 4.78 is 30.6. The van der Waals surface area contributed by atoms with Gasteiger partial charge in [-0.05, 0) is 44.4 Å². The van der Waals surface area contributed by atoms with Crippen LogP contribution >= 0.6 is 0 Å². The normalized spacial score (nSPS) is 51.2. The molecule has 10 nitrogen and oxygen atoms in total. The maximum Gasteiger partial charge on any atom is 0.309 e. The number of aliphatic hydroxyl groups is 1. The van der Waals surface area contributed by atoms with Gasteiger partial charge in [-0.15, -0.1) is 0 Å². The summed E-state index contributed by atoms with van der Waals surface area (Å²) in [6.07, 6.45) is 4.70. The lowest BCUT2D eigenvalue weighted by Gasteiger charge is -2.68. The fourth-order valence-corrected chi connectivity index (χ4v) is 10.9. The number of epoxide rings is 1. The molecule has 0 bridgehead atoms. The van der Waals surface area contributed by atoms with Crippen LogP contribution in [0.25, 0.3) is 0 Å². The number of hydrogen-bond acceptors (Lipinski definition) is 10. The van der Waals surface area contributed by atoms with Crippen LogP contribution in [0.15, 0.2) is 35.2 Å². The summed E-state index contributed by atoms with van der Waals surface area (Å²) in [5.74, 6) is -6.48. The molecule has 2 saturated heterocycles. The van der Waals surface area contributed by atoms with Crippen molar-refractivity contribution in [2.45, 2.75) is 96.9 Å². The van der Waals surface area contributed by atoms with Crippen LogP contribution in [-0.4, -0.2) is 64.9 Å². The second kappa shape index (κ2) is 8.46. The van der Waals surface area contributed by atoms with E-state index in [1.165, 1.54) is 13.0 Å². The highest BCUT2D eigenvalue weighted by molar-refractivity contribution is 6.02. The zero-order valence-electron chi connectivity index (χ0n) is 25.7. The van der Waals surface area contributed by atoms with Crippen molar-refractivity contribution in [2.24, 2.45) is 39.4 Å². The molecular weight excluding hydrogens is 556 g/mol. The van der Waals surface area contributed by atoms with Crippen LogP contribution in [0.4, 0.5) is 0 Å². The zero-order chi connectivity index (χ0) is 31.1. The van der Waals surface area contributed by atoms with Gasteiger partial charge in [0.1, 0.15) is 11.7 Å². The molecule has 0 unspecified atom stereocenters. The smallest absolute Gasteiger partial charge is 0.309 e. The van der Waals surface area contributed by atoms with Gasteiger partial charge in [0.05, 0.1) is 54.0 Å². The molecule has 7 rings (SSSR count). The first-order valence-corrected chi connectivity index (χ1v) is 15.3. The lowest BCUT2D eigenvalue weighted by atomic mass is 9.35. The minimum absolute atomic E-state index is 0.132. The Bertz CT molecular complexity index is 1470. The Hall–Kier alpha value is -2.82. The Morgan fingerprint density at radius 3 is 2.53 bits per heavy atom. The third kappa shape index (κ3) is 2.96. The molecule has 232 valence electrons. The van der Waals surface area contributed by atoms with Gasteiger partial charge in [-0.3, -0.25) is 19.2 Å². The van der Waals surface area contributed by atoms with E-state index >= 15 is 4.79 Å². The molecule has 5 fully saturated rings. The molecule has 2 aliphatic heterocycles. The van der Waals surface area contributed by atoms with Crippen LogP contribution in [0.2, 0.25) is 0 Å². The number of aliphatic hydroxyl groups excluding tert-OH is 1. The summed E-state index contributed by atoms with van der Waals surface area (Å²) in [6.45, 7) is 12.1. The zero-order valence-corrected chi connectivity index (χ0v) is 25.7. The van der Waals surface area contributed by atoms with Crippen molar-refractivity contribution in [3.63, 3.8) is 0 Å². The molecule has 13 atom stereocenters. The van der Waals surface area contributed by atoms with E-state index in [1.54, 1.807) is 39.4 Å². The van der Waals surface area contributed by atoms with Gasteiger partial charge in [0.15, 0.2) is 5.78 Å². The molecule has 10 heteroatoms. The van der Waals surface area contributed by atoms with Crippen molar-refractivity contribution in [1.82, 2.24) is 0 Å². The lowest BCUT2D eigenvalue weighted by Crippen LogP contribution is -2.81. The third-order valence-corrected chi connectivity index (χ3v) is 12.7. The Morgan fingerprint density at radius 1 is 1.19 bits per heavy atom. The maximum atomic E-state index is 15.3. The highest BCUT2D eigenvalue weighted by Gasteiger charge is 2.94. The summed E-state index contributed by atoms with van der Waals surface area (Å²) >= 11 is 0. The van der Waals surface area contributed by atoms with Gasteiger partial charge in [0.2, 0.25) is 5.78 Å². The first-order chi connectivity index (χ1) is 20.1. The Balaban J connectivity index is 1.50. The molecular formula is C33H40O10. The molecule has 43 heavy (non-hydrogen) atoms. The van der Waals surface area contributed by atoms with E-state index < -0.39 is 86.8 Å². The van der Waals surface area contributed by atoms with Crippen LogP contribution in [0.3, 0.4) is 0 Å². The van der Waals surface area contributed by atoms with Gasteiger partial charge in [-0.1, -0.05) is 33.8 Å². The first-order valence-electron chi connectivity index (χ1n) is 15.3. The van der Waals surface area contributed by atoms with Gasteiger partial charge >= 0.3 is 11.9 Å². The minimum Gasteiger partial charge on any atom is -0.472 e. The summed E-state index contributed by atoms with van der Waals surface area (Å²) in [4.78, 5) is 54.9. The van der Waals surface area contributed by atoms with Crippen LogP contribution < -0.4 is 0 Å². The summed E-state index contributed by atoms with van der Waals surface area (Å²) in [7, 11) is 0. The van der Waals surface area contributed by atoms with E-state index in [0.29, 0.717) is 12.8 Å². The minimum atomic E-state index is -2.07. The number of carbonyl (C=O) groups is 4. The largest absolute Gasteiger partial charge is 0.472 e. The average molecular weight is 597 g/mol. The number of furan rings is 1. The Labute approximate surface area is 250 Å². The molecule has 0 amide bonds. The Kier molecular flexibility index (Phi) is 5.69. The molecule has 0 aromatic carbocycles. The topological polar surface area (TPSA) is 142 Å². The number of carbonyl (C=O) groups excluding carboxylic acids is 4. The molecule has 3 saturated carbocycles. The maximum absolute atomic E-state index is 15.3. The molecule has 1 N–H and O–H groups in total. The van der Waals surface area contributed by atoms with E-state index in [-0.39, 0.29) is 18.3 Å². The van der Waals surface area contributed by atoms with E-state index in [9.17, 15) is 19.5 Å². The summed E-state index contributed by atoms with van der Waals surface area (Å²) in [5, 5.41) is 12.6. The van der Waals surface area contributed by atoms with Crippen molar-refractivity contribution < 1.29 is 47.6 Å². The number of hydrogen-bond donors (Lipinski definition) is 1. The van der Waals surface area contributed by atoms with E-state index in [1.807, 2.05) is 26.8 Å². The molecule has 0 radical (unpaired) electrons. The second-order valence-electron chi connectivity index (χ2n) is 14.6. The fourth-order valence-electron chi connectivity index (χ4n) is 10.9. The summed E-state index contributed by atoms with van der Waals surface area (Å²) in [5.41, 5.74) is -5.20. The van der Waals surface area contributed by atoms with Crippen molar-refractivity contribution >= 4 is 23.5 Å². The third-order valence-electron chi connectivity index (χ3n) is 12.7. The number of fused-ring (bicyclic) bond motifs is 2. The van der Waals surface area contributed by atoms with Crippen molar-refractivity contribution in [3.8, 4) is 0 Å². The monoisotopic (exact) mass is 596 g/mol. The predicted octanol–water partition coefficient (Wildman–Crippen LogP) is 3.51. The van der Waals surface area contributed by atoms with Crippen LogP contribution in [-0.2, 0) is 38.1 Å². The van der Waals surface area contributed by atoms with Crippen molar-refractivity contribution in [2.75, 3.05) is 6.61 Å². The number of Topliss-reactive ketones (excluding diaryl/α,β-unsaturated/α-hetero) is 1. The first kappa shape index (κ1) is 28.9. The SMILES string of the molecule is CC[C@H](C)C(=O)O[C@H]1[C@H](O)[C@@H]2[C@@]3(C)C=CC(=O)[C@]4(C)CO[C@](OC(C)=O)(C(=O)[C@@]2(C)[C@@]25O[C@@H]2C[C@@H](c2ccoc2)[C@]15C)[C@H]34. The lowest BCUT2D eigenvalue weighted by molar-refractivity contribution is -0.300. The van der Waals surface area contributed by atoms with E-state index in [2.05, 4.69) is 0 Å². The van der Waals surface area contributed by atoms with Crippen LogP contribution in [0.1, 0.15) is 72.8 Å². The van der Waals surface area contributed by atoms with Crippen molar-refractivity contribution in [3.05, 3.63) is 36.3 Å². The average Bonchev–Trinajstić information content (AvgIpc) is 3.21. The standard InChI is InChI=1S/C33H40O10/c1-8-16(2)25(37)41-24-22(36)23-28(4)11-9-20(35)29(5)15-40-32(26(28)29,42-17(3)34)27(38)31(23,7)33-21(43-33)13-19(30(24,33)6)18-10-12-39-14-18/h9-12,14,16,19,21-24,26,36H,8,13,15H2,1-7H3/t16-,19-,21+,22+,23+,24-,26+,28+,29-,30+,31-,32+,33+/m0/s1.